The van der Waals surface area contributed by atoms with Gasteiger partial charge in [0, 0.05) is 37.5 Å². The largest absolute Gasteiger partial charge is 0.386 e. The first-order valence-electron chi connectivity index (χ1n) is 9.38. The van der Waals surface area contributed by atoms with Gasteiger partial charge in [0.25, 0.3) is 5.91 Å². The number of hydrogen-bond acceptors (Lipinski definition) is 6. The summed E-state index contributed by atoms with van der Waals surface area (Å²) in [5.41, 5.74) is 2.11. The first-order chi connectivity index (χ1) is 13.4. The molecule has 146 valence electrons. The van der Waals surface area contributed by atoms with Crippen molar-refractivity contribution < 1.29 is 9.90 Å². The number of nitrogens with zero attached hydrogens (tertiary/aromatic N) is 5. The van der Waals surface area contributed by atoms with Crippen molar-refractivity contribution >= 4 is 22.8 Å². The molecule has 0 spiro atoms. The van der Waals surface area contributed by atoms with Crippen LogP contribution in [0.25, 0.3) is 11.0 Å². The Kier molecular flexibility index (Phi) is 4.72. The summed E-state index contributed by atoms with van der Waals surface area (Å²) in [5, 5.41) is 11.2. The van der Waals surface area contributed by atoms with E-state index in [1.807, 2.05) is 19.1 Å². The van der Waals surface area contributed by atoms with Crippen LogP contribution in [-0.2, 0) is 0 Å². The summed E-state index contributed by atoms with van der Waals surface area (Å²) in [7, 11) is 1.73. The summed E-state index contributed by atoms with van der Waals surface area (Å²) in [6.07, 6.45) is 4.63. The van der Waals surface area contributed by atoms with Crippen molar-refractivity contribution in [3.05, 3.63) is 48.2 Å². The summed E-state index contributed by atoms with van der Waals surface area (Å²) in [4.78, 5) is 32.2. The molecule has 28 heavy (non-hydrogen) atoms. The van der Waals surface area contributed by atoms with E-state index >= 15 is 0 Å². The molecule has 0 bridgehead atoms. The van der Waals surface area contributed by atoms with Gasteiger partial charge < -0.3 is 19.9 Å². The number of fused-ring (bicyclic) bond motifs is 1. The third-order valence-electron chi connectivity index (χ3n) is 5.21. The molecule has 8 heteroatoms. The molecule has 1 fully saturated rings. The van der Waals surface area contributed by atoms with Crippen LogP contribution in [0.1, 0.15) is 28.9 Å². The number of hydrogen-bond donors (Lipinski definition) is 2. The first kappa shape index (κ1) is 18.4. The van der Waals surface area contributed by atoms with Gasteiger partial charge in [-0.3, -0.25) is 4.79 Å². The van der Waals surface area contributed by atoms with Crippen molar-refractivity contribution in [2.24, 2.45) is 0 Å². The molecule has 1 saturated heterocycles. The van der Waals surface area contributed by atoms with Crippen molar-refractivity contribution in [3.63, 3.8) is 0 Å². The number of aliphatic hydroxyl groups is 1. The highest BCUT2D eigenvalue weighted by atomic mass is 16.3. The van der Waals surface area contributed by atoms with Crippen LogP contribution in [0.15, 0.2) is 36.9 Å². The van der Waals surface area contributed by atoms with Crippen LogP contribution in [0.2, 0.25) is 0 Å². The van der Waals surface area contributed by atoms with E-state index < -0.39 is 5.60 Å². The van der Waals surface area contributed by atoms with Gasteiger partial charge in [-0.15, -0.1) is 0 Å². The third-order valence-corrected chi connectivity index (χ3v) is 5.21. The highest BCUT2D eigenvalue weighted by Crippen LogP contribution is 2.26. The average molecular weight is 380 g/mol. The molecule has 4 rings (SSSR count). The Morgan fingerprint density at radius 2 is 2.18 bits per heavy atom. The van der Waals surface area contributed by atoms with Gasteiger partial charge >= 0.3 is 0 Å². The Labute approximate surface area is 163 Å². The van der Waals surface area contributed by atoms with Gasteiger partial charge in [0.1, 0.15) is 12.1 Å². The highest BCUT2D eigenvalue weighted by Gasteiger charge is 2.36. The predicted octanol–water partition coefficient (Wildman–Crippen LogP) is 1.76. The van der Waals surface area contributed by atoms with Crippen molar-refractivity contribution in [1.82, 2.24) is 24.8 Å². The van der Waals surface area contributed by atoms with Crippen molar-refractivity contribution in [3.8, 4) is 0 Å². The summed E-state index contributed by atoms with van der Waals surface area (Å²) in [5.74, 6) is 0.684. The van der Waals surface area contributed by atoms with E-state index in [4.69, 9.17) is 0 Å². The number of piperidine rings is 1. The summed E-state index contributed by atoms with van der Waals surface area (Å²) < 4.78 is 0. The number of amides is 1. The van der Waals surface area contributed by atoms with Gasteiger partial charge in [-0.25, -0.2) is 15.0 Å². The molecule has 2 N–H and O–H groups in total. The Hall–Kier alpha value is -3.00. The van der Waals surface area contributed by atoms with Crippen LogP contribution in [0, 0.1) is 6.92 Å². The quantitative estimate of drug-likeness (QED) is 0.716. The molecule has 0 unspecified atom stereocenters. The number of anilines is 1. The van der Waals surface area contributed by atoms with Crippen molar-refractivity contribution in [1.29, 1.82) is 0 Å². The first-order valence-corrected chi connectivity index (χ1v) is 9.38. The number of carbonyl (C=O) groups excluding carboxylic acids is 1. The van der Waals surface area contributed by atoms with E-state index in [0.717, 1.165) is 35.5 Å². The maximum atomic E-state index is 12.9. The summed E-state index contributed by atoms with van der Waals surface area (Å²) in [6, 6.07) is 7.30. The molecule has 1 atom stereocenters. The Morgan fingerprint density at radius 1 is 1.32 bits per heavy atom. The number of carbonyl (C=O) groups is 1. The molecule has 8 nitrogen and oxygen atoms in total. The normalized spacial score (nSPS) is 19.8. The van der Waals surface area contributed by atoms with Gasteiger partial charge in [-0.05, 0) is 38.0 Å². The Morgan fingerprint density at radius 3 is 3.00 bits per heavy atom. The minimum absolute atomic E-state index is 0.125. The van der Waals surface area contributed by atoms with Crippen LogP contribution in [0.5, 0.6) is 0 Å². The number of aromatic amines is 1. The van der Waals surface area contributed by atoms with E-state index in [2.05, 4.69) is 24.8 Å². The van der Waals surface area contributed by atoms with Crippen LogP contribution in [-0.4, -0.2) is 68.1 Å². The number of aryl methyl sites for hydroxylation is 1. The lowest BCUT2D eigenvalue weighted by Crippen LogP contribution is -2.54. The molecule has 0 radical (unpaired) electrons. The number of imidazole rings is 1. The van der Waals surface area contributed by atoms with Gasteiger partial charge in [0.15, 0.2) is 0 Å². The molecule has 3 heterocycles. The van der Waals surface area contributed by atoms with Crippen LogP contribution < -0.4 is 4.90 Å². The molecule has 1 aromatic carbocycles. The minimum Gasteiger partial charge on any atom is -0.386 e. The molecule has 1 amide bonds. The molecule has 0 aliphatic carbocycles. The fraction of sp³-hybridized carbons (Fsp3) is 0.400. The van der Waals surface area contributed by atoms with Gasteiger partial charge in [-0.2, -0.15) is 0 Å². The maximum Gasteiger partial charge on any atom is 0.253 e. The van der Waals surface area contributed by atoms with E-state index in [1.54, 1.807) is 36.7 Å². The zero-order valence-electron chi connectivity index (χ0n) is 16.1. The molecule has 1 aliphatic rings. The van der Waals surface area contributed by atoms with E-state index in [0.29, 0.717) is 18.5 Å². The molecule has 1 aliphatic heterocycles. The molecule has 0 saturated carbocycles. The number of likely N-dealkylation sites (N-methyl/N-ethyl adjacent to an activating group) is 1. The number of β-amino-alcohol motifs (C(OH)–C–C–N with tert-alkyl or cyclic N) is 1. The Bertz CT molecular complexity index is 1000. The van der Waals surface area contributed by atoms with Crippen LogP contribution in [0.4, 0.5) is 5.82 Å². The fourth-order valence-corrected chi connectivity index (χ4v) is 3.85. The number of nitrogens with one attached hydrogen (secondary N) is 1. The zero-order valence-corrected chi connectivity index (χ0v) is 16.1. The third kappa shape index (κ3) is 3.68. The van der Waals surface area contributed by atoms with Crippen molar-refractivity contribution in [2.75, 3.05) is 31.6 Å². The smallest absolute Gasteiger partial charge is 0.253 e. The molecule has 3 aromatic rings. The summed E-state index contributed by atoms with van der Waals surface area (Å²) in [6.45, 7) is 3.44. The lowest BCUT2D eigenvalue weighted by molar-refractivity contribution is -0.000136. The predicted molar refractivity (Wildman–Crippen MR) is 106 cm³/mol. The molecule has 2 aromatic heterocycles. The van der Waals surface area contributed by atoms with E-state index in [-0.39, 0.29) is 12.5 Å². The summed E-state index contributed by atoms with van der Waals surface area (Å²) >= 11 is 0. The lowest BCUT2D eigenvalue weighted by Gasteiger charge is -2.41. The van der Waals surface area contributed by atoms with Gasteiger partial charge in [-0.1, -0.05) is 0 Å². The monoisotopic (exact) mass is 380 g/mol. The van der Waals surface area contributed by atoms with Crippen molar-refractivity contribution in [2.45, 2.75) is 25.4 Å². The molecular weight excluding hydrogens is 356 g/mol. The lowest BCUT2D eigenvalue weighted by atomic mass is 9.92. The molecular formula is C20H24N6O2. The second-order valence-corrected chi connectivity index (χ2v) is 7.56. The van der Waals surface area contributed by atoms with E-state index in [1.165, 1.54) is 0 Å². The number of rotatable bonds is 4. The zero-order chi connectivity index (χ0) is 19.7. The number of benzene rings is 1. The number of aromatic nitrogens is 4. The van der Waals surface area contributed by atoms with Crippen LogP contribution >= 0.6 is 0 Å². The highest BCUT2D eigenvalue weighted by molar-refractivity contribution is 5.97. The fourth-order valence-electron chi connectivity index (χ4n) is 3.85. The van der Waals surface area contributed by atoms with Gasteiger partial charge in [0.05, 0.1) is 29.5 Å². The minimum atomic E-state index is -0.987. The Balaban J connectivity index is 1.47. The average Bonchev–Trinajstić information content (AvgIpc) is 3.15. The second kappa shape index (κ2) is 7.20. The standard InChI is InChI=1S/C20H24N6O2/c1-14-8-18(24-12-21-14)26-7-3-6-20(28,11-26)10-25(2)19(27)15-4-5-16-17(9-15)23-13-22-16/h4-5,8-9,12-13,28H,3,6-7,10-11H2,1-2H3,(H,22,23)/t20-/m0/s1. The van der Waals surface area contributed by atoms with E-state index in [9.17, 15) is 9.90 Å². The SMILES string of the molecule is Cc1cc(N2CCC[C@](O)(CN(C)C(=O)c3ccc4nc[nH]c4c3)C2)ncn1. The van der Waals surface area contributed by atoms with Crippen LogP contribution in [0.3, 0.4) is 0 Å². The maximum absolute atomic E-state index is 12.9. The second-order valence-electron chi connectivity index (χ2n) is 7.56. The topological polar surface area (TPSA) is 98.2 Å². The van der Waals surface area contributed by atoms with Gasteiger partial charge in [0.2, 0.25) is 0 Å². The number of H-pyrrole nitrogens is 1.